The standard InChI is InChI=1S/C20H14O2.C16H8N2/c21-19(15-9-3-1-4-10-15)17-13-7-8-14-18(17)20(22)16-11-5-2-6-12-16;17-9-15-11-5-1-2-6-12(11)16(10-18)14-8-4-3-7-13(14)15/h1-14H;1-8H. The molecule has 0 atom stereocenters. The predicted octanol–water partition coefficient (Wildman–Crippen LogP) is 7.88. The van der Waals surface area contributed by atoms with Crippen molar-refractivity contribution in [3.8, 4) is 12.1 Å². The third kappa shape index (κ3) is 4.98. The summed E-state index contributed by atoms with van der Waals surface area (Å²) in [6.07, 6.45) is 0. The number of nitriles is 2. The zero-order valence-electron chi connectivity index (χ0n) is 21.4. The number of fused-ring (bicyclic) bond motifs is 2. The summed E-state index contributed by atoms with van der Waals surface area (Å²) in [7, 11) is 0. The van der Waals surface area contributed by atoms with E-state index in [1.165, 1.54) is 0 Å². The SMILES string of the molecule is N#Cc1c2ccccc2c(C#N)c2ccccc12.O=C(c1ccccc1)c1ccccc1C(=O)c1ccccc1. The van der Waals surface area contributed by atoms with E-state index in [0.29, 0.717) is 33.4 Å². The number of hydrogen-bond donors (Lipinski definition) is 0. The molecule has 0 spiro atoms. The number of ketones is 2. The second kappa shape index (κ2) is 11.7. The first-order valence-corrected chi connectivity index (χ1v) is 12.7. The lowest BCUT2D eigenvalue weighted by Gasteiger charge is -2.08. The Morgan fingerprint density at radius 2 is 0.675 bits per heavy atom. The summed E-state index contributed by atoms with van der Waals surface area (Å²) in [6, 6.07) is 44.6. The molecule has 0 unspecified atom stereocenters. The summed E-state index contributed by atoms with van der Waals surface area (Å²) < 4.78 is 0. The van der Waals surface area contributed by atoms with Gasteiger partial charge < -0.3 is 0 Å². The lowest BCUT2D eigenvalue weighted by Crippen LogP contribution is -2.10. The van der Waals surface area contributed by atoms with Gasteiger partial charge in [-0.15, -0.1) is 0 Å². The van der Waals surface area contributed by atoms with Crippen molar-refractivity contribution in [1.82, 2.24) is 0 Å². The Bertz CT molecular complexity index is 1750. The fourth-order valence-corrected chi connectivity index (χ4v) is 4.74. The number of rotatable bonds is 4. The maximum absolute atomic E-state index is 12.7. The van der Waals surface area contributed by atoms with E-state index in [1.807, 2.05) is 84.9 Å². The van der Waals surface area contributed by atoms with Gasteiger partial charge in [-0.3, -0.25) is 9.59 Å². The van der Waals surface area contributed by atoms with E-state index < -0.39 is 0 Å². The van der Waals surface area contributed by atoms with Crippen LogP contribution in [0.3, 0.4) is 0 Å². The van der Waals surface area contributed by atoms with Gasteiger partial charge in [-0.2, -0.15) is 10.5 Å². The van der Waals surface area contributed by atoms with E-state index in [2.05, 4.69) is 12.1 Å². The summed E-state index contributed by atoms with van der Waals surface area (Å²) in [4.78, 5) is 25.3. The smallest absolute Gasteiger partial charge is 0.193 e. The van der Waals surface area contributed by atoms with Gasteiger partial charge in [0.05, 0.1) is 11.1 Å². The van der Waals surface area contributed by atoms with Crippen molar-refractivity contribution < 1.29 is 9.59 Å². The molecule has 4 heteroatoms. The Morgan fingerprint density at radius 3 is 0.975 bits per heavy atom. The Labute approximate surface area is 232 Å². The molecule has 0 saturated heterocycles. The molecule has 0 aliphatic carbocycles. The minimum atomic E-state index is -0.138. The van der Waals surface area contributed by atoms with Gasteiger partial charge in [0, 0.05) is 43.8 Å². The molecule has 6 aromatic carbocycles. The fraction of sp³-hybridized carbons (Fsp3) is 0. The Hall–Kier alpha value is -5.84. The number of hydrogen-bond acceptors (Lipinski definition) is 4. The molecule has 0 radical (unpaired) electrons. The molecule has 6 rings (SSSR count). The summed E-state index contributed by atoms with van der Waals surface area (Å²) in [5.41, 5.74) is 3.30. The van der Waals surface area contributed by atoms with Crippen molar-refractivity contribution in [2.45, 2.75) is 0 Å². The topological polar surface area (TPSA) is 81.7 Å². The predicted molar refractivity (Wildman–Crippen MR) is 157 cm³/mol. The molecule has 0 aliphatic rings. The second-order valence-corrected chi connectivity index (χ2v) is 9.00. The molecule has 40 heavy (non-hydrogen) atoms. The van der Waals surface area contributed by atoms with Gasteiger partial charge >= 0.3 is 0 Å². The number of nitrogens with zero attached hydrogens (tertiary/aromatic N) is 2. The first-order chi connectivity index (χ1) is 19.6. The van der Waals surface area contributed by atoms with Gasteiger partial charge in [-0.05, 0) is 0 Å². The third-order valence-corrected chi connectivity index (χ3v) is 6.64. The van der Waals surface area contributed by atoms with Gasteiger partial charge in [0.1, 0.15) is 12.1 Å². The van der Waals surface area contributed by atoms with E-state index in [9.17, 15) is 20.1 Å². The van der Waals surface area contributed by atoms with E-state index in [-0.39, 0.29) is 11.6 Å². The van der Waals surface area contributed by atoms with Crippen molar-refractivity contribution >= 4 is 33.1 Å². The minimum absolute atomic E-state index is 0.138. The molecule has 0 fully saturated rings. The maximum atomic E-state index is 12.7. The summed E-state index contributed by atoms with van der Waals surface area (Å²) in [6.45, 7) is 0. The fourth-order valence-electron chi connectivity index (χ4n) is 4.74. The van der Waals surface area contributed by atoms with Gasteiger partial charge in [0.15, 0.2) is 11.6 Å². The summed E-state index contributed by atoms with van der Waals surface area (Å²) >= 11 is 0. The van der Waals surface area contributed by atoms with Crippen LogP contribution in [0, 0.1) is 22.7 Å². The average molecular weight is 515 g/mol. The van der Waals surface area contributed by atoms with Crippen molar-refractivity contribution in [1.29, 1.82) is 10.5 Å². The number of carbonyl (C=O) groups excluding carboxylic acids is 2. The Morgan fingerprint density at radius 1 is 0.400 bits per heavy atom. The van der Waals surface area contributed by atoms with Crippen LogP contribution in [0.4, 0.5) is 0 Å². The molecule has 0 amide bonds. The van der Waals surface area contributed by atoms with Crippen molar-refractivity contribution in [3.05, 3.63) is 167 Å². The van der Waals surface area contributed by atoms with Gasteiger partial charge in [0.25, 0.3) is 0 Å². The zero-order valence-corrected chi connectivity index (χ0v) is 21.4. The van der Waals surface area contributed by atoms with Gasteiger partial charge in [-0.1, -0.05) is 133 Å². The summed E-state index contributed by atoms with van der Waals surface area (Å²) in [5, 5.41) is 22.1. The molecular weight excluding hydrogens is 492 g/mol. The van der Waals surface area contributed by atoms with Crippen LogP contribution in [-0.2, 0) is 0 Å². The molecule has 0 saturated carbocycles. The van der Waals surface area contributed by atoms with Crippen LogP contribution in [0.2, 0.25) is 0 Å². The Kier molecular flexibility index (Phi) is 7.54. The van der Waals surface area contributed by atoms with Crippen molar-refractivity contribution in [2.24, 2.45) is 0 Å². The number of benzene rings is 6. The lowest BCUT2D eigenvalue weighted by atomic mass is 9.93. The van der Waals surface area contributed by atoms with Crippen LogP contribution in [0.1, 0.15) is 43.0 Å². The molecule has 0 N–H and O–H groups in total. The highest BCUT2D eigenvalue weighted by atomic mass is 16.1. The second-order valence-electron chi connectivity index (χ2n) is 9.00. The van der Waals surface area contributed by atoms with E-state index in [4.69, 9.17) is 0 Å². The quantitative estimate of drug-likeness (QED) is 0.177. The monoisotopic (exact) mass is 514 g/mol. The highest BCUT2D eigenvalue weighted by Crippen LogP contribution is 2.31. The maximum Gasteiger partial charge on any atom is 0.193 e. The Balaban J connectivity index is 0.000000164. The largest absolute Gasteiger partial charge is 0.289 e. The lowest BCUT2D eigenvalue weighted by molar-refractivity contribution is 0.100. The molecule has 0 heterocycles. The van der Waals surface area contributed by atoms with Crippen LogP contribution in [0.25, 0.3) is 21.5 Å². The molecule has 0 aliphatic heterocycles. The van der Waals surface area contributed by atoms with Crippen LogP contribution < -0.4 is 0 Å². The zero-order chi connectivity index (χ0) is 27.9. The molecular formula is C36H22N2O2. The highest BCUT2D eigenvalue weighted by molar-refractivity contribution is 6.19. The van der Waals surface area contributed by atoms with E-state index in [1.54, 1.807) is 48.5 Å². The average Bonchev–Trinajstić information content (AvgIpc) is 3.04. The molecule has 188 valence electrons. The van der Waals surface area contributed by atoms with Crippen molar-refractivity contribution in [3.63, 3.8) is 0 Å². The normalized spacial score (nSPS) is 10.2. The third-order valence-electron chi connectivity index (χ3n) is 6.64. The van der Waals surface area contributed by atoms with E-state index >= 15 is 0 Å². The molecule has 0 aromatic heterocycles. The van der Waals surface area contributed by atoms with Gasteiger partial charge in [0.2, 0.25) is 0 Å². The summed E-state index contributed by atoms with van der Waals surface area (Å²) in [5.74, 6) is -0.277. The van der Waals surface area contributed by atoms with E-state index in [0.717, 1.165) is 21.5 Å². The number of carbonyl (C=O) groups is 2. The first kappa shape index (κ1) is 25.8. The first-order valence-electron chi connectivity index (χ1n) is 12.7. The molecule has 6 aromatic rings. The van der Waals surface area contributed by atoms with Crippen LogP contribution in [0.5, 0.6) is 0 Å². The minimum Gasteiger partial charge on any atom is -0.289 e. The molecule has 0 bridgehead atoms. The van der Waals surface area contributed by atoms with Crippen LogP contribution in [0.15, 0.2) is 133 Å². The van der Waals surface area contributed by atoms with Crippen LogP contribution in [-0.4, -0.2) is 11.6 Å². The highest BCUT2D eigenvalue weighted by Gasteiger charge is 2.18. The van der Waals surface area contributed by atoms with Gasteiger partial charge in [-0.25, -0.2) is 0 Å². The molecule has 4 nitrogen and oxygen atoms in total. The van der Waals surface area contributed by atoms with Crippen LogP contribution >= 0.6 is 0 Å². The van der Waals surface area contributed by atoms with Crippen molar-refractivity contribution in [2.75, 3.05) is 0 Å².